The Hall–Kier alpha value is -2.17. The van der Waals surface area contributed by atoms with Crippen LogP contribution in [-0.2, 0) is 6.54 Å². The molecular formula is C14H12F3NO. The Labute approximate surface area is 108 Å². The van der Waals surface area contributed by atoms with Gasteiger partial charge in [0.2, 0.25) is 0 Å². The Morgan fingerprint density at radius 1 is 1.05 bits per heavy atom. The number of methoxy groups -OCH3 is 1. The number of ether oxygens (including phenoxy) is 1. The van der Waals surface area contributed by atoms with E-state index in [0.29, 0.717) is 17.9 Å². The zero-order chi connectivity index (χ0) is 13.8. The lowest BCUT2D eigenvalue weighted by Crippen LogP contribution is -2.04. The minimum absolute atomic E-state index is 0.205. The predicted molar refractivity (Wildman–Crippen MR) is 66.6 cm³/mol. The predicted octanol–water partition coefficient (Wildman–Crippen LogP) is 3.72. The van der Waals surface area contributed by atoms with E-state index in [9.17, 15) is 13.2 Å². The largest absolute Gasteiger partial charge is 0.497 e. The van der Waals surface area contributed by atoms with Crippen molar-refractivity contribution in [3.63, 3.8) is 0 Å². The van der Waals surface area contributed by atoms with Crippen LogP contribution in [-0.4, -0.2) is 7.11 Å². The van der Waals surface area contributed by atoms with E-state index in [1.807, 2.05) is 0 Å². The fourth-order valence-electron chi connectivity index (χ4n) is 1.68. The Morgan fingerprint density at radius 3 is 2.37 bits per heavy atom. The maximum absolute atomic E-state index is 13.4. The summed E-state index contributed by atoms with van der Waals surface area (Å²) in [5.74, 6) is -2.21. The van der Waals surface area contributed by atoms with E-state index in [-0.39, 0.29) is 12.2 Å². The number of halogens is 3. The van der Waals surface area contributed by atoms with Crippen LogP contribution < -0.4 is 10.1 Å². The molecule has 5 heteroatoms. The quantitative estimate of drug-likeness (QED) is 0.911. The van der Waals surface area contributed by atoms with Gasteiger partial charge in [-0.05, 0) is 17.7 Å². The first-order valence-corrected chi connectivity index (χ1v) is 5.61. The van der Waals surface area contributed by atoms with E-state index in [0.717, 1.165) is 5.56 Å². The fraction of sp³-hybridized carbons (Fsp3) is 0.143. The van der Waals surface area contributed by atoms with Crippen molar-refractivity contribution in [1.29, 1.82) is 0 Å². The summed E-state index contributed by atoms with van der Waals surface area (Å²) >= 11 is 0. The summed E-state index contributed by atoms with van der Waals surface area (Å²) in [5.41, 5.74) is 0.451. The SMILES string of the molecule is COc1cccc(CNc2c(F)cc(F)cc2F)c1. The number of hydrogen-bond acceptors (Lipinski definition) is 2. The first kappa shape index (κ1) is 13.3. The minimum atomic E-state index is -0.958. The Balaban J connectivity index is 2.14. The van der Waals surface area contributed by atoms with Gasteiger partial charge >= 0.3 is 0 Å². The smallest absolute Gasteiger partial charge is 0.152 e. The molecule has 2 aromatic carbocycles. The standard InChI is InChI=1S/C14H12F3NO/c1-19-11-4-2-3-9(5-11)8-18-14-12(16)6-10(15)7-13(14)17/h2-7,18H,8H2,1H3. The van der Waals surface area contributed by atoms with Crippen molar-refractivity contribution >= 4 is 5.69 Å². The maximum atomic E-state index is 13.4. The molecule has 0 atom stereocenters. The molecule has 2 aromatic rings. The molecule has 0 spiro atoms. The summed E-state index contributed by atoms with van der Waals surface area (Å²) in [6.07, 6.45) is 0. The molecule has 0 radical (unpaired) electrons. The second-order valence-electron chi connectivity index (χ2n) is 3.95. The van der Waals surface area contributed by atoms with Crippen molar-refractivity contribution in [3.8, 4) is 5.75 Å². The molecule has 0 bridgehead atoms. The molecule has 0 aliphatic heterocycles. The highest BCUT2D eigenvalue weighted by Gasteiger charge is 2.11. The second-order valence-corrected chi connectivity index (χ2v) is 3.95. The van der Waals surface area contributed by atoms with E-state index in [2.05, 4.69) is 5.32 Å². The van der Waals surface area contributed by atoms with E-state index < -0.39 is 17.5 Å². The number of anilines is 1. The lowest BCUT2D eigenvalue weighted by molar-refractivity contribution is 0.414. The molecule has 19 heavy (non-hydrogen) atoms. The number of nitrogens with one attached hydrogen (secondary N) is 1. The Kier molecular flexibility index (Phi) is 3.94. The van der Waals surface area contributed by atoms with Crippen LogP contribution in [0.3, 0.4) is 0 Å². The average Bonchev–Trinajstić information content (AvgIpc) is 2.37. The van der Waals surface area contributed by atoms with Gasteiger partial charge in [-0.3, -0.25) is 0 Å². The van der Waals surface area contributed by atoms with Gasteiger partial charge in [-0.15, -0.1) is 0 Å². The molecule has 0 aliphatic carbocycles. The van der Waals surface area contributed by atoms with Crippen LogP contribution in [0.2, 0.25) is 0 Å². The summed E-state index contributed by atoms with van der Waals surface area (Å²) in [7, 11) is 1.53. The molecule has 0 amide bonds. The van der Waals surface area contributed by atoms with E-state index in [4.69, 9.17) is 4.74 Å². The van der Waals surface area contributed by atoms with Crippen molar-refractivity contribution in [1.82, 2.24) is 0 Å². The molecule has 0 aromatic heterocycles. The lowest BCUT2D eigenvalue weighted by Gasteiger charge is -2.10. The van der Waals surface area contributed by atoms with Gasteiger partial charge in [-0.1, -0.05) is 12.1 Å². The lowest BCUT2D eigenvalue weighted by atomic mass is 10.2. The fourth-order valence-corrected chi connectivity index (χ4v) is 1.68. The van der Waals surface area contributed by atoms with E-state index in [1.54, 1.807) is 24.3 Å². The van der Waals surface area contributed by atoms with Crippen molar-refractivity contribution in [2.24, 2.45) is 0 Å². The molecule has 2 rings (SSSR count). The Morgan fingerprint density at radius 2 is 1.74 bits per heavy atom. The minimum Gasteiger partial charge on any atom is -0.497 e. The Bertz CT molecular complexity index is 564. The van der Waals surface area contributed by atoms with Gasteiger partial charge in [0.15, 0.2) is 11.6 Å². The average molecular weight is 267 g/mol. The van der Waals surface area contributed by atoms with Crippen LogP contribution in [0.4, 0.5) is 18.9 Å². The number of hydrogen-bond donors (Lipinski definition) is 1. The molecular weight excluding hydrogens is 255 g/mol. The van der Waals surface area contributed by atoms with Crippen LogP contribution in [0.15, 0.2) is 36.4 Å². The summed E-state index contributed by atoms with van der Waals surface area (Å²) in [5, 5.41) is 2.60. The van der Waals surface area contributed by atoms with Crippen LogP contribution in [0, 0.1) is 17.5 Å². The van der Waals surface area contributed by atoms with Gasteiger partial charge in [0, 0.05) is 18.7 Å². The first-order valence-electron chi connectivity index (χ1n) is 5.61. The summed E-state index contributed by atoms with van der Waals surface area (Å²) < 4.78 is 44.6. The number of benzene rings is 2. The first-order chi connectivity index (χ1) is 9.10. The van der Waals surface area contributed by atoms with Crippen molar-refractivity contribution in [2.75, 3.05) is 12.4 Å². The maximum Gasteiger partial charge on any atom is 0.152 e. The van der Waals surface area contributed by atoms with Gasteiger partial charge in [0.05, 0.1) is 7.11 Å². The number of rotatable bonds is 4. The third kappa shape index (κ3) is 3.19. The summed E-state index contributed by atoms with van der Waals surface area (Å²) in [6.45, 7) is 0.205. The molecule has 0 aliphatic rings. The van der Waals surface area contributed by atoms with Gasteiger partial charge in [-0.2, -0.15) is 0 Å². The zero-order valence-corrected chi connectivity index (χ0v) is 10.2. The van der Waals surface area contributed by atoms with Crippen molar-refractivity contribution < 1.29 is 17.9 Å². The molecule has 0 heterocycles. The molecule has 2 nitrogen and oxygen atoms in total. The van der Waals surface area contributed by atoms with Gasteiger partial charge in [0.1, 0.15) is 17.3 Å². The highest BCUT2D eigenvalue weighted by Crippen LogP contribution is 2.21. The van der Waals surface area contributed by atoms with Crippen LogP contribution in [0.5, 0.6) is 5.75 Å². The van der Waals surface area contributed by atoms with Crippen molar-refractivity contribution in [3.05, 3.63) is 59.4 Å². The molecule has 0 saturated carbocycles. The topological polar surface area (TPSA) is 21.3 Å². The third-order valence-corrected chi connectivity index (χ3v) is 2.61. The third-order valence-electron chi connectivity index (χ3n) is 2.61. The molecule has 100 valence electrons. The van der Waals surface area contributed by atoms with Crippen LogP contribution in [0.1, 0.15) is 5.56 Å². The monoisotopic (exact) mass is 267 g/mol. The highest BCUT2D eigenvalue weighted by molar-refractivity contribution is 5.47. The molecule has 1 N–H and O–H groups in total. The van der Waals surface area contributed by atoms with Crippen molar-refractivity contribution in [2.45, 2.75) is 6.54 Å². The normalized spacial score (nSPS) is 10.3. The van der Waals surface area contributed by atoms with Crippen LogP contribution >= 0.6 is 0 Å². The zero-order valence-electron chi connectivity index (χ0n) is 10.2. The summed E-state index contributed by atoms with van der Waals surface area (Å²) in [4.78, 5) is 0. The van der Waals surface area contributed by atoms with Gasteiger partial charge in [-0.25, -0.2) is 13.2 Å². The van der Waals surface area contributed by atoms with Crippen LogP contribution in [0.25, 0.3) is 0 Å². The molecule has 0 saturated heterocycles. The highest BCUT2D eigenvalue weighted by atomic mass is 19.1. The second kappa shape index (κ2) is 5.65. The van der Waals surface area contributed by atoms with Gasteiger partial charge < -0.3 is 10.1 Å². The summed E-state index contributed by atoms with van der Waals surface area (Å²) in [6, 6.07) is 8.34. The van der Waals surface area contributed by atoms with E-state index >= 15 is 0 Å². The van der Waals surface area contributed by atoms with E-state index in [1.165, 1.54) is 7.11 Å². The van der Waals surface area contributed by atoms with Gasteiger partial charge in [0.25, 0.3) is 0 Å². The molecule has 0 unspecified atom stereocenters. The molecule has 0 fully saturated rings.